The Morgan fingerprint density at radius 1 is 1.33 bits per heavy atom. The number of nitrogens with zero attached hydrogens (tertiary/aromatic N) is 4. The molecule has 0 atom stereocenters. The lowest BCUT2D eigenvalue weighted by atomic mass is 10.1. The lowest BCUT2D eigenvalue weighted by Gasteiger charge is -2.26. The Kier molecular flexibility index (Phi) is 5.42. The normalized spacial score (nSPS) is 17.0. The molecular formula is C16H21N5O5S. The standard InChI is InChI=1S/C16H21N5O5S/c1-11-15(12(2)26-19-11)13-9-14(21(22)23)16(18-10-13)17-3-4-20-5-7-27(24,25)8-6-20/h9-10H,3-8H2,1-2H3,(H,17,18). The van der Waals surface area contributed by atoms with Gasteiger partial charge in [0, 0.05) is 49.6 Å². The Labute approximate surface area is 156 Å². The number of anilines is 1. The van der Waals surface area contributed by atoms with E-state index >= 15 is 0 Å². The average Bonchev–Trinajstić information content (AvgIpc) is 2.95. The third-order valence-electron chi connectivity index (χ3n) is 4.54. The average molecular weight is 395 g/mol. The van der Waals surface area contributed by atoms with Gasteiger partial charge in [-0.25, -0.2) is 13.4 Å². The summed E-state index contributed by atoms with van der Waals surface area (Å²) in [6.45, 7) is 5.47. The zero-order valence-corrected chi connectivity index (χ0v) is 16.0. The number of aromatic nitrogens is 2. The number of hydrogen-bond donors (Lipinski definition) is 1. The van der Waals surface area contributed by atoms with Gasteiger partial charge in [-0.3, -0.25) is 15.0 Å². The smallest absolute Gasteiger partial charge is 0.311 e. The van der Waals surface area contributed by atoms with Crippen molar-refractivity contribution in [3.05, 3.63) is 33.8 Å². The largest absolute Gasteiger partial charge is 0.363 e. The first kappa shape index (κ1) is 19.2. The first-order chi connectivity index (χ1) is 12.8. The first-order valence-corrected chi connectivity index (χ1v) is 10.3. The summed E-state index contributed by atoms with van der Waals surface area (Å²) >= 11 is 0. The third-order valence-corrected chi connectivity index (χ3v) is 6.15. The molecule has 2 aromatic heterocycles. The molecule has 0 unspecified atom stereocenters. The monoisotopic (exact) mass is 395 g/mol. The van der Waals surface area contributed by atoms with E-state index in [4.69, 9.17) is 4.52 Å². The number of hydrogen-bond acceptors (Lipinski definition) is 9. The highest BCUT2D eigenvalue weighted by Gasteiger charge is 2.22. The van der Waals surface area contributed by atoms with Crippen LogP contribution in [0, 0.1) is 24.0 Å². The number of nitrogens with one attached hydrogen (secondary N) is 1. The van der Waals surface area contributed by atoms with Crippen molar-refractivity contribution < 1.29 is 17.9 Å². The second kappa shape index (κ2) is 7.61. The number of aryl methyl sites for hydroxylation is 2. The van der Waals surface area contributed by atoms with Gasteiger partial charge < -0.3 is 9.84 Å². The molecule has 1 N–H and O–H groups in total. The van der Waals surface area contributed by atoms with E-state index in [1.165, 1.54) is 6.07 Å². The zero-order chi connectivity index (χ0) is 19.6. The van der Waals surface area contributed by atoms with Crippen LogP contribution in [0.2, 0.25) is 0 Å². The molecule has 2 aromatic rings. The topological polar surface area (TPSA) is 131 Å². The van der Waals surface area contributed by atoms with Crippen molar-refractivity contribution in [1.29, 1.82) is 0 Å². The van der Waals surface area contributed by atoms with Crippen molar-refractivity contribution in [2.45, 2.75) is 13.8 Å². The molecule has 0 radical (unpaired) electrons. The molecule has 1 aliphatic heterocycles. The molecule has 27 heavy (non-hydrogen) atoms. The van der Waals surface area contributed by atoms with Gasteiger partial charge in [-0.2, -0.15) is 0 Å². The van der Waals surface area contributed by atoms with E-state index in [-0.39, 0.29) is 23.0 Å². The minimum atomic E-state index is -2.92. The minimum absolute atomic E-state index is 0.131. The number of nitro groups is 1. The van der Waals surface area contributed by atoms with Gasteiger partial charge in [-0.15, -0.1) is 0 Å². The van der Waals surface area contributed by atoms with Crippen LogP contribution in [0.15, 0.2) is 16.8 Å². The molecule has 10 nitrogen and oxygen atoms in total. The third kappa shape index (κ3) is 4.42. The second-order valence-corrected chi connectivity index (χ2v) is 8.77. The molecule has 0 aromatic carbocycles. The van der Waals surface area contributed by atoms with Crippen molar-refractivity contribution in [3.8, 4) is 11.1 Å². The lowest BCUT2D eigenvalue weighted by Crippen LogP contribution is -2.42. The molecule has 0 aliphatic carbocycles. The van der Waals surface area contributed by atoms with Gasteiger partial charge in [0.2, 0.25) is 5.82 Å². The van der Waals surface area contributed by atoms with Crippen molar-refractivity contribution in [2.75, 3.05) is 43.0 Å². The molecular weight excluding hydrogens is 374 g/mol. The van der Waals surface area contributed by atoms with Crippen LogP contribution in [0.1, 0.15) is 11.5 Å². The first-order valence-electron chi connectivity index (χ1n) is 8.51. The van der Waals surface area contributed by atoms with Gasteiger partial charge in [0.1, 0.15) is 5.76 Å². The van der Waals surface area contributed by atoms with E-state index in [1.807, 2.05) is 4.90 Å². The zero-order valence-electron chi connectivity index (χ0n) is 15.1. The summed E-state index contributed by atoms with van der Waals surface area (Å²) in [4.78, 5) is 17.2. The van der Waals surface area contributed by atoms with Gasteiger partial charge in [-0.1, -0.05) is 5.16 Å². The number of pyridine rings is 1. The van der Waals surface area contributed by atoms with Crippen LogP contribution in [0.5, 0.6) is 0 Å². The Bertz CT molecular complexity index is 923. The molecule has 3 rings (SSSR count). The maximum atomic E-state index is 11.5. The Balaban J connectivity index is 1.70. The highest BCUT2D eigenvalue weighted by atomic mass is 32.2. The minimum Gasteiger partial charge on any atom is -0.363 e. The van der Waals surface area contributed by atoms with Gasteiger partial charge in [0.05, 0.1) is 22.1 Å². The van der Waals surface area contributed by atoms with Crippen LogP contribution in [0.4, 0.5) is 11.5 Å². The summed E-state index contributed by atoms with van der Waals surface area (Å²) in [6, 6.07) is 1.45. The highest BCUT2D eigenvalue weighted by molar-refractivity contribution is 7.91. The van der Waals surface area contributed by atoms with Crippen LogP contribution < -0.4 is 5.32 Å². The Morgan fingerprint density at radius 3 is 2.63 bits per heavy atom. The Hall–Kier alpha value is -2.53. The highest BCUT2D eigenvalue weighted by Crippen LogP contribution is 2.32. The number of rotatable bonds is 6. The molecule has 0 saturated carbocycles. The van der Waals surface area contributed by atoms with E-state index in [1.54, 1.807) is 20.0 Å². The van der Waals surface area contributed by atoms with E-state index in [0.717, 1.165) is 0 Å². The maximum absolute atomic E-state index is 11.5. The van der Waals surface area contributed by atoms with Crippen molar-refractivity contribution >= 4 is 21.3 Å². The molecule has 1 aliphatic rings. The predicted molar refractivity (Wildman–Crippen MR) is 99.4 cm³/mol. The van der Waals surface area contributed by atoms with Crippen molar-refractivity contribution in [3.63, 3.8) is 0 Å². The van der Waals surface area contributed by atoms with Crippen molar-refractivity contribution in [2.24, 2.45) is 0 Å². The second-order valence-electron chi connectivity index (χ2n) is 6.47. The van der Waals surface area contributed by atoms with Crippen LogP contribution in [-0.4, -0.2) is 66.1 Å². The maximum Gasteiger partial charge on any atom is 0.311 e. The van der Waals surface area contributed by atoms with Crippen LogP contribution in [0.3, 0.4) is 0 Å². The Morgan fingerprint density at radius 2 is 2.04 bits per heavy atom. The fraction of sp³-hybridized carbons (Fsp3) is 0.500. The summed E-state index contributed by atoms with van der Waals surface area (Å²) in [7, 11) is -2.92. The van der Waals surface area contributed by atoms with Crippen LogP contribution in [-0.2, 0) is 9.84 Å². The number of sulfone groups is 1. The molecule has 146 valence electrons. The van der Waals surface area contributed by atoms with Gasteiger partial charge in [0.15, 0.2) is 9.84 Å². The summed E-state index contributed by atoms with van der Waals surface area (Å²) in [6.07, 6.45) is 1.55. The quantitative estimate of drug-likeness (QED) is 0.569. The van der Waals surface area contributed by atoms with Crippen LogP contribution in [0.25, 0.3) is 11.1 Å². The van der Waals surface area contributed by atoms with Gasteiger partial charge >= 0.3 is 5.69 Å². The molecule has 1 saturated heterocycles. The summed E-state index contributed by atoms with van der Waals surface area (Å²) in [5, 5.41) is 18.3. The SMILES string of the molecule is Cc1noc(C)c1-c1cnc(NCCN2CCS(=O)(=O)CC2)c([N+](=O)[O-])c1. The van der Waals surface area contributed by atoms with E-state index in [9.17, 15) is 18.5 Å². The fourth-order valence-corrected chi connectivity index (χ4v) is 4.34. The fourth-order valence-electron chi connectivity index (χ4n) is 3.07. The summed E-state index contributed by atoms with van der Waals surface area (Å²) < 4.78 is 28.0. The molecule has 3 heterocycles. The van der Waals surface area contributed by atoms with Crippen molar-refractivity contribution in [1.82, 2.24) is 15.0 Å². The molecule has 0 spiro atoms. The molecule has 11 heteroatoms. The van der Waals surface area contributed by atoms with E-state index in [2.05, 4.69) is 15.5 Å². The van der Waals surface area contributed by atoms with Gasteiger partial charge in [-0.05, 0) is 13.8 Å². The molecule has 1 fully saturated rings. The van der Waals surface area contributed by atoms with E-state index < -0.39 is 14.8 Å². The molecule has 0 amide bonds. The lowest BCUT2D eigenvalue weighted by molar-refractivity contribution is -0.384. The van der Waals surface area contributed by atoms with Gasteiger partial charge in [0.25, 0.3) is 0 Å². The summed E-state index contributed by atoms with van der Waals surface area (Å²) in [5.41, 5.74) is 1.79. The summed E-state index contributed by atoms with van der Waals surface area (Å²) in [5.74, 6) is 1.05. The molecule has 0 bridgehead atoms. The predicted octanol–water partition coefficient (Wildman–Crippen LogP) is 1.40. The van der Waals surface area contributed by atoms with E-state index in [0.29, 0.717) is 48.8 Å². The van der Waals surface area contributed by atoms with Crippen LogP contribution >= 0.6 is 0 Å².